The summed E-state index contributed by atoms with van der Waals surface area (Å²) in [6.45, 7) is 1.41. The summed E-state index contributed by atoms with van der Waals surface area (Å²) in [4.78, 5) is 36.3. The molecule has 0 spiro atoms. The summed E-state index contributed by atoms with van der Waals surface area (Å²) >= 11 is 0. The third-order valence-electron chi connectivity index (χ3n) is 3.36. The fourth-order valence-corrected chi connectivity index (χ4v) is 3.74. The third kappa shape index (κ3) is 6.44. The molecule has 0 aromatic rings. The average Bonchev–Trinajstić information content (AvgIpc) is 2.19. The van der Waals surface area contributed by atoms with Crippen LogP contribution >= 0.6 is 15.2 Å². The van der Waals surface area contributed by atoms with E-state index in [-0.39, 0.29) is 11.0 Å². The van der Waals surface area contributed by atoms with E-state index in [1.54, 1.807) is 14.1 Å². The van der Waals surface area contributed by atoms with Gasteiger partial charge in [-0.25, -0.2) is 0 Å². The molecule has 0 heterocycles. The summed E-state index contributed by atoms with van der Waals surface area (Å²) in [6.07, 6.45) is -0.689. The highest BCUT2D eigenvalue weighted by molar-refractivity contribution is 7.72. The van der Waals surface area contributed by atoms with Gasteiger partial charge in [0.15, 0.2) is 0 Å². The van der Waals surface area contributed by atoms with Crippen LogP contribution in [-0.2, 0) is 9.13 Å². The minimum absolute atomic E-state index is 0.0206. The number of aliphatic hydroxyl groups is 1. The first-order valence-electron chi connectivity index (χ1n) is 6.37. The summed E-state index contributed by atoms with van der Waals surface area (Å²) in [5.41, 5.74) is 0. The number of hydrogen-bond acceptors (Lipinski definition) is 3. The Hall–Kier alpha value is 0.180. The highest BCUT2D eigenvalue weighted by Gasteiger charge is 2.59. The number of nitrogens with zero attached hydrogens (tertiary/aromatic N) is 2. The zero-order valence-corrected chi connectivity index (χ0v) is 15.0. The molecule has 0 radical (unpaired) electrons. The quantitative estimate of drug-likeness (QED) is 0.284. The molecule has 0 unspecified atom stereocenters. The van der Waals surface area contributed by atoms with Gasteiger partial charge < -0.3 is 33.6 Å². The standard InChI is InChI=1S/C10H26N2O7P2/c1-11(2,3)8-9-12(4,5)7-6-10(13,20(14,15)16)21(17,18)19/h13H,6-9H2,1-5H3,(H2-2,14,15,16,17,18,19)/p+2. The van der Waals surface area contributed by atoms with Crippen LogP contribution in [0.4, 0.5) is 0 Å². The van der Waals surface area contributed by atoms with E-state index < -0.39 is 26.7 Å². The van der Waals surface area contributed by atoms with Crippen LogP contribution in [0.1, 0.15) is 6.42 Å². The van der Waals surface area contributed by atoms with E-state index in [4.69, 9.17) is 19.6 Å². The Morgan fingerprint density at radius 2 is 1.19 bits per heavy atom. The van der Waals surface area contributed by atoms with Crippen LogP contribution in [0.2, 0.25) is 0 Å². The van der Waals surface area contributed by atoms with E-state index in [2.05, 4.69) is 0 Å². The Balaban J connectivity index is 5.02. The van der Waals surface area contributed by atoms with Crippen LogP contribution < -0.4 is 0 Å². The lowest BCUT2D eigenvalue weighted by Gasteiger charge is -2.36. The molecule has 0 saturated heterocycles. The zero-order valence-electron chi connectivity index (χ0n) is 13.2. The molecule has 0 amide bonds. The van der Waals surface area contributed by atoms with E-state index in [0.29, 0.717) is 11.0 Å². The SMILES string of the molecule is C[N+](C)(C)CC[N+](C)(C)CCC(O)(P(=O)(O)O)P(=O)(O)O. The van der Waals surface area contributed by atoms with Crippen molar-refractivity contribution in [2.45, 2.75) is 11.5 Å². The zero-order chi connectivity index (χ0) is 17.3. The molecule has 11 heteroatoms. The third-order valence-corrected chi connectivity index (χ3v) is 7.24. The first kappa shape index (κ1) is 21.2. The minimum Gasteiger partial charge on any atom is -0.367 e. The number of rotatable bonds is 8. The van der Waals surface area contributed by atoms with E-state index in [9.17, 15) is 14.2 Å². The monoisotopic (exact) mass is 350 g/mol. The van der Waals surface area contributed by atoms with Crippen molar-refractivity contribution in [3.63, 3.8) is 0 Å². The lowest BCUT2D eigenvalue weighted by Crippen LogP contribution is -2.50. The summed E-state index contributed by atoms with van der Waals surface area (Å²) < 4.78 is 23.5. The maximum Gasteiger partial charge on any atom is 0.369 e. The van der Waals surface area contributed by atoms with Crippen LogP contribution in [-0.4, -0.2) is 93.6 Å². The Labute approximate surface area is 125 Å². The fraction of sp³-hybridized carbons (Fsp3) is 1.00. The molecule has 128 valence electrons. The maximum atomic E-state index is 11.3. The molecule has 0 aliphatic heterocycles. The van der Waals surface area contributed by atoms with Crippen LogP contribution in [0.25, 0.3) is 0 Å². The van der Waals surface area contributed by atoms with Gasteiger partial charge >= 0.3 is 15.2 Å². The fourth-order valence-electron chi connectivity index (χ4n) is 1.60. The van der Waals surface area contributed by atoms with Gasteiger partial charge in [-0.3, -0.25) is 9.13 Å². The molecule has 0 rings (SSSR count). The van der Waals surface area contributed by atoms with Crippen molar-refractivity contribution < 1.29 is 42.8 Å². The van der Waals surface area contributed by atoms with Gasteiger partial charge in [0.25, 0.3) is 5.08 Å². The van der Waals surface area contributed by atoms with Crippen LogP contribution in [0, 0.1) is 0 Å². The second-order valence-electron chi connectivity index (χ2n) is 7.01. The number of quaternary nitrogens is 2. The van der Waals surface area contributed by atoms with Crippen molar-refractivity contribution in [1.29, 1.82) is 0 Å². The van der Waals surface area contributed by atoms with E-state index in [1.807, 2.05) is 21.1 Å². The van der Waals surface area contributed by atoms with Gasteiger partial charge in [-0.05, 0) is 0 Å². The predicted octanol–water partition coefficient (Wildman–Crippen LogP) is -0.839. The molecule has 0 fully saturated rings. The number of hydrogen-bond donors (Lipinski definition) is 5. The lowest BCUT2D eigenvalue weighted by atomic mass is 10.3. The molecule has 0 aliphatic rings. The topological polar surface area (TPSA) is 135 Å². The van der Waals surface area contributed by atoms with Crippen molar-refractivity contribution in [3.05, 3.63) is 0 Å². The Morgan fingerprint density at radius 1 is 0.810 bits per heavy atom. The maximum absolute atomic E-state index is 11.3. The molecular weight excluding hydrogens is 322 g/mol. The second kappa shape index (κ2) is 6.35. The van der Waals surface area contributed by atoms with Crippen molar-refractivity contribution in [3.8, 4) is 0 Å². The van der Waals surface area contributed by atoms with Crippen molar-refractivity contribution in [2.24, 2.45) is 0 Å². The highest BCUT2D eigenvalue weighted by atomic mass is 31.2. The molecule has 0 bridgehead atoms. The summed E-state index contributed by atoms with van der Waals surface area (Å²) in [5.74, 6) is 0. The molecule has 5 N–H and O–H groups in total. The molecule has 0 saturated carbocycles. The van der Waals surface area contributed by atoms with Gasteiger partial charge in [-0.2, -0.15) is 0 Å². The normalized spacial score (nSPS) is 15.3. The Bertz CT molecular complexity index is 427. The van der Waals surface area contributed by atoms with Gasteiger partial charge in [0.05, 0.1) is 41.8 Å². The van der Waals surface area contributed by atoms with Gasteiger partial charge in [0.2, 0.25) is 0 Å². The van der Waals surface area contributed by atoms with Gasteiger partial charge in [-0.15, -0.1) is 0 Å². The van der Waals surface area contributed by atoms with E-state index >= 15 is 0 Å². The minimum atomic E-state index is -5.37. The molecule has 9 nitrogen and oxygen atoms in total. The summed E-state index contributed by atoms with van der Waals surface area (Å²) in [5, 5.41) is 6.51. The van der Waals surface area contributed by atoms with E-state index in [1.165, 1.54) is 0 Å². The van der Waals surface area contributed by atoms with Crippen molar-refractivity contribution in [2.75, 3.05) is 54.9 Å². The van der Waals surface area contributed by atoms with Gasteiger partial charge in [0, 0.05) is 6.42 Å². The highest BCUT2D eigenvalue weighted by Crippen LogP contribution is 2.68. The Morgan fingerprint density at radius 3 is 1.48 bits per heavy atom. The number of likely N-dealkylation sites (N-methyl/N-ethyl adjacent to an activating group) is 2. The molecule has 0 atom stereocenters. The smallest absolute Gasteiger partial charge is 0.367 e. The largest absolute Gasteiger partial charge is 0.369 e. The molecule has 21 heavy (non-hydrogen) atoms. The van der Waals surface area contributed by atoms with Crippen LogP contribution in [0.3, 0.4) is 0 Å². The molecule has 0 aromatic heterocycles. The average molecular weight is 350 g/mol. The molecule has 0 aliphatic carbocycles. The van der Waals surface area contributed by atoms with Crippen LogP contribution in [0.5, 0.6) is 0 Å². The summed E-state index contributed by atoms with van der Waals surface area (Å²) in [6, 6.07) is 0. The first-order chi connectivity index (χ1) is 8.91. The van der Waals surface area contributed by atoms with Gasteiger partial charge in [0.1, 0.15) is 13.1 Å². The summed E-state index contributed by atoms with van der Waals surface area (Å²) in [7, 11) is -1.23. The van der Waals surface area contributed by atoms with Crippen LogP contribution in [0.15, 0.2) is 0 Å². The molecule has 0 aromatic carbocycles. The first-order valence-corrected chi connectivity index (χ1v) is 9.60. The molecular formula is C10H28N2O7P2+2. The van der Waals surface area contributed by atoms with E-state index in [0.717, 1.165) is 6.54 Å². The lowest BCUT2D eigenvalue weighted by molar-refractivity contribution is -0.937. The van der Waals surface area contributed by atoms with Crippen molar-refractivity contribution in [1.82, 2.24) is 0 Å². The van der Waals surface area contributed by atoms with Crippen molar-refractivity contribution >= 4 is 15.2 Å². The second-order valence-corrected chi connectivity index (χ2v) is 11.0. The van der Waals surface area contributed by atoms with Gasteiger partial charge in [-0.1, -0.05) is 0 Å². The predicted molar refractivity (Wildman–Crippen MR) is 78.4 cm³/mol. The Kier molecular flexibility index (Phi) is 6.41.